The lowest BCUT2D eigenvalue weighted by Gasteiger charge is -2.26. The Labute approximate surface area is 138 Å². The molecular formula is C14H16Cl2N4O2. The molecule has 1 aromatic carbocycles. The summed E-state index contributed by atoms with van der Waals surface area (Å²) in [4.78, 5) is 18.2. The molecule has 118 valence electrons. The Balaban J connectivity index is 2.31. The topological polar surface area (TPSA) is 60.2 Å². The number of likely N-dealkylation sites (N-methyl/N-ethyl adjacent to an activating group) is 1. The summed E-state index contributed by atoms with van der Waals surface area (Å²) in [6.07, 6.45) is 1.47. The summed E-state index contributed by atoms with van der Waals surface area (Å²) < 4.78 is 6.56. The fourth-order valence-corrected chi connectivity index (χ4v) is 2.45. The highest BCUT2D eigenvalue weighted by Gasteiger charge is 2.27. The molecule has 0 aliphatic heterocycles. The molecule has 0 spiro atoms. The van der Waals surface area contributed by atoms with E-state index in [0.29, 0.717) is 22.2 Å². The van der Waals surface area contributed by atoms with Gasteiger partial charge in [0.15, 0.2) is 0 Å². The number of esters is 1. The van der Waals surface area contributed by atoms with Crippen LogP contribution >= 0.6 is 23.2 Å². The summed E-state index contributed by atoms with van der Waals surface area (Å²) >= 11 is 12.0. The molecule has 2 rings (SSSR count). The third kappa shape index (κ3) is 3.58. The summed E-state index contributed by atoms with van der Waals surface area (Å²) in [5.41, 5.74) is 0.700. The summed E-state index contributed by atoms with van der Waals surface area (Å²) in [6, 6.07) is 4.46. The van der Waals surface area contributed by atoms with Crippen LogP contribution in [0.2, 0.25) is 10.0 Å². The molecule has 0 radical (unpaired) electrons. The second-order valence-corrected chi connectivity index (χ2v) is 5.63. The molecule has 0 amide bonds. The van der Waals surface area contributed by atoms with Gasteiger partial charge in [-0.05, 0) is 24.7 Å². The smallest absolute Gasteiger partial charge is 0.327 e. The number of rotatable bonds is 5. The first-order chi connectivity index (χ1) is 10.4. The van der Waals surface area contributed by atoms with Gasteiger partial charge >= 0.3 is 5.97 Å². The highest BCUT2D eigenvalue weighted by molar-refractivity contribution is 6.42. The standard InChI is InChI=1S/C14H16Cl2N4O2/c1-19(7-12-17-8-18-20(12)2)13(14(21)22-3)9-4-5-10(15)11(16)6-9/h4-6,8,13H,7H2,1-3H3/t13-/m0/s1. The van der Waals surface area contributed by atoms with Gasteiger partial charge in [0.05, 0.1) is 23.7 Å². The molecular weight excluding hydrogens is 327 g/mol. The Kier molecular flexibility index (Phi) is 5.39. The number of hydrogen-bond acceptors (Lipinski definition) is 5. The van der Waals surface area contributed by atoms with Gasteiger partial charge < -0.3 is 4.74 Å². The minimum Gasteiger partial charge on any atom is -0.468 e. The monoisotopic (exact) mass is 342 g/mol. The quantitative estimate of drug-likeness (QED) is 0.781. The van der Waals surface area contributed by atoms with Gasteiger partial charge in [-0.3, -0.25) is 9.58 Å². The van der Waals surface area contributed by atoms with Gasteiger partial charge in [0.1, 0.15) is 18.2 Å². The minimum absolute atomic E-state index is 0.386. The third-order valence-electron chi connectivity index (χ3n) is 3.32. The largest absolute Gasteiger partial charge is 0.468 e. The number of carbonyl (C=O) groups is 1. The molecule has 2 aromatic rings. The molecule has 0 saturated carbocycles. The molecule has 0 fully saturated rings. The van der Waals surface area contributed by atoms with Crippen LogP contribution < -0.4 is 0 Å². The number of methoxy groups -OCH3 is 1. The molecule has 0 aliphatic rings. The van der Waals surface area contributed by atoms with Crippen molar-refractivity contribution in [3.63, 3.8) is 0 Å². The fraction of sp³-hybridized carbons (Fsp3) is 0.357. The molecule has 6 nitrogen and oxygen atoms in total. The van der Waals surface area contributed by atoms with Crippen LogP contribution in [0.4, 0.5) is 0 Å². The highest BCUT2D eigenvalue weighted by atomic mass is 35.5. The van der Waals surface area contributed by atoms with E-state index in [1.54, 1.807) is 37.0 Å². The Bertz CT molecular complexity index is 675. The average Bonchev–Trinajstić information content (AvgIpc) is 2.88. The number of hydrogen-bond donors (Lipinski definition) is 0. The molecule has 0 unspecified atom stereocenters. The van der Waals surface area contributed by atoms with Crippen LogP contribution in [0.1, 0.15) is 17.4 Å². The van der Waals surface area contributed by atoms with Crippen LogP contribution in [0, 0.1) is 0 Å². The van der Waals surface area contributed by atoms with Crippen molar-refractivity contribution in [2.24, 2.45) is 7.05 Å². The first kappa shape index (κ1) is 16.7. The number of benzene rings is 1. The predicted molar refractivity (Wildman–Crippen MR) is 83.7 cm³/mol. The van der Waals surface area contributed by atoms with Gasteiger partial charge in [-0.25, -0.2) is 9.78 Å². The predicted octanol–water partition coefficient (Wildman–Crippen LogP) is 2.47. The molecule has 8 heteroatoms. The average molecular weight is 343 g/mol. The molecule has 1 aromatic heterocycles. The first-order valence-electron chi connectivity index (χ1n) is 6.50. The van der Waals surface area contributed by atoms with Crippen molar-refractivity contribution in [1.82, 2.24) is 19.7 Å². The van der Waals surface area contributed by atoms with Crippen molar-refractivity contribution in [2.75, 3.05) is 14.2 Å². The number of aryl methyl sites for hydroxylation is 1. The van der Waals surface area contributed by atoms with E-state index in [1.807, 2.05) is 4.90 Å². The SMILES string of the molecule is COC(=O)[C@H](c1ccc(Cl)c(Cl)c1)N(C)Cc1ncnn1C. The lowest BCUT2D eigenvalue weighted by atomic mass is 10.1. The first-order valence-corrected chi connectivity index (χ1v) is 7.25. The summed E-state index contributed by atoms with van der Waals surface area (Å²) in [5.74, 6) is 0.347. The summed E-state index contributed by atoms with van der Waals surface area (Å²) in [7, 11) is 4.95. The molecule has 0 bridgehead atoms. The Morgan fingerprint density at radius 1 is 1.41 bits per heavy atom. The number of halogens is 2. The van der Waals surface area contributed by atoms with Crippen molar-refractivity contribution in [3.8, 4) is 0 Å². The van der Waals surface area contributed by atoms with Crippen LogP contribution in [0.15, 0.2) is 24.5 Å². The van der Waals surface area contributed by atoms with Crippen LogP contribution in [-0.2, 0) is 23.1 Å². The fourth-order valence-electron chi connectivity index (χ4n) is 2.14. The lowest BCUT2D eigenvalue weighted by Crippen LogP contribution is -2.32. The molecule has 1 heterocycles. The maximum absolute atomic E-state index is 12.2. The van der Waals surface area contributed by atoms with Gasteiger partial charge in [0.25, 0.3) is 0 Å². The van der Waals surface area contributed by atoms with Gasteiger partial charge in [0.2, 0.25) is 0 Å². The Hall–Kier alpha value is -1.63. The van der Waals surface area contributed by atoms with E-state index in [-0.39, 0.29) is 5.97 Å². The van der Waals surface area contributed by atoms with E-state index < -0.39 is 6.04 Å². The van der Waals surface area contributed by atoms with Crippen LogP contribution in [-0.4, -0.2) is 39.8 Å². The van der Waals surface area contributed by atoms with E-state index >= 15 is 0 Å². The second-order valence-electron chi connectivity index (χ2n) is 4.81. The van der Waals surface area contributed by atoms with Crippen molar-refractivity contribution in [3.05, 3.63) is 46.0 Å². The molecule has 0 saturated heterocycles. The number of ether oxygens (including phenoxy) is 1. The summed E-state index contributed by atoms with van der Waals surface area (Å²) in [6.45, 7) is 0.427. The second kappa shape index (κ2) is 7.09. The molecule has 0 N–H and O–H groups in total. The van der Waals surface area contributed by atoms with Gasteiger partial charge in [-0.2, -0.15) is 5.10 Å². The lowest BCUT2D eigenvalue weighted by molar-refractivity contribution is -0.147. The van der Waals surface area contributed by atoms with Gasteiger partial charge in [0, 0.05) is 7.05 Å². The maximum Gasteiger partial charge on any atom is 0.327 e. The van der Waals surface area contributed by atoms with Crippen molar-refractivity contribution >= 4 is 29.2 Å². The van der Waals surface area contributed by atoms with E-state index in [1.165, 1.54) is 13.4 Å². The van der Waals surface area contributed by atoms with E-state index in [2.05, 4.69) is 10.1 Å². The molecule has 0 aliphatic carbocycles. The maximum atomic E-state index is 12.2. The van der Waals surface area contributed by atoms with E-state index in [0.717, 1.165) is 5.82 Å². The van der Waals surface area contributed by atoms with Gasteiger partial charge in [-0.1, -0.05) is 29.3 Å². The molecule has 22 heavy (non-hydrogen) atoms. The highest BCUT2D eigenvalue weighted by Crippen LogP contribution is 2.29. The minimum atomic E-state index is -0.614. The van der Waals surface area contributed by atoms with Crippen LogP contribution in [0.3, 0.4) is 0 Å². The van der Waals surface area contributed by atoms with Crippen LogP contribution in [0.25, 0.3) is 0 Å². The van der Waals surface area contributed by atoms with Crippen molar-refractivity contribution < 1.29 is 9.53 Å². The van der Waals surface area contributed by atoms with Crippen LogP contribution in [0.5, 0.6) is 0 Å². The zero-order valence-corrected chi connectivity index (χ0v) is 14.0. The number of aromatic nitrogens is 3. The zero-order valence-electron chi connectivity index (χ0n) is 12.5. The number of nitrogens with zero attached hydrogens (tertiary/aromatic N) is 4. The Morgan fingerprint density at radius 3 is 2.68 bits per heavy atom. The van der Waals surface area contributed by atoms with Crippen molar-refractivity contribution in [1.29, 1.82) is 0 Å². The van der Waals surface area contributed by atoms with Gasteiger partial charge in [-0.15, -0.1) is 0 Å². The third-order valence-corrected chi connectivity index (χ3v) is 4.06. The van der Waals surface area contributed by atoms with E-state index in [9.17, 15) is 4.79 Å². The molecule has 1 atom stereocenters. The van der Waals surface area contributed by atoms with Crippen molar-refractivity contribution in [2.45, 2.75) is 12.6 Å². The normalized spacial score (nSPS) is 12.5. The Morgan fingerprint density at radius 2 is 2.14 bits per heavy atom. The number of carbonyl (C=O) groups excluding carboxylic acids is 1. The summed E-state index contributed by atoms with van der Waals surface area (Å²) in [5, 5.41) is 4.84. The zero-order chi connectivity index (χ0) is 16.3. The van der Waals surface area contributed by atoms with E-state index in [4.69, 9.17) is 27.9 Å².